The lowest BCUT2D eigenvalue weighted by Crippen LogP contribution is -2.19. The van der Waals surface area contributed by atoms with Crippen LogP contribution >= 0.6 is 11.3 Å². The molecule has 1 heterocycles. The highest BCUT2D eigenvalue weighted by molar-refractivity contribution is 7.10. The Bertz CT molecular complexity index is 341. The monoisotopic (exact) mass is 237 g/mol. The molecule has 1 aliphatic rings. The largest absolute Gasteiger partial charge is 0.313 e. The molecule has 2 heteroatoms. The Kier molecular flexibility index (Phi) is 4.04. The van der Waals surface area contributed by atoms with Gasteiger partial charge in [0.15, 0.2) is 0 Å². The number of nitrogens with one attached hydrogen (secondary N) is 1. The topological polar surface area (TPSA) is 12.0 Å². The van der Waals surface area contributed by atoms with Gasteiger partial charge in [0.25, 0.3) is 0 Å². The van der Waals surface area contributed by atoms with Crippen LogP contribution in [0.2, 0.25) is 0 Å². The van der Waals surface area contributed by atoms with Gasteiger partial charge in [-0.2, -0.15) is 0 Å². The van der Waals surface area contributed by atoms with E-state index in [9.17, 15) is 0 Å². The van der Waals surface area contributed by atoms with Crippen molar-refractivity contribution >= 4 is 11.3 Å². The van der Waals surface area contributed by atoms with E-state index < -0.39 is 0 Å². The first-order valence-corrected chi connectivity index (χ1v) is 7.39. The molecule has 1 aliphatic carbocycles. The number of rotatable bonds is 4. The summed E-state index contributed by atoms with van der Waals surface area (Å²) in [7, 11) is 0. The molecule has 0 saturated carbocycles. The summed E-state index contributed by atoms with van der Waals surface area (Å²) in [5.41, 5.74) is 3.23. The van der Waals surface area contributed by atoms with Crippen LogP contribution in [0.1, 0.15) is 43.2 Å². The van der Waals surface area contributed by atoms with Crippen LogP contribution in [0.4, 0.5) is 0 Å². The van der Waals surface area contributed by atoms with E-state index in [0.717, 1.165) is 24.9 Å². The standard InChI is InChI=1S/C14H23NS/c1-4-15-8-12-9-16-14-7-11(10(2)3)5-6-13(12)14/h9-11,15H,4-8H2,1-3H3. The molecule has 0 saturated heterocycles. The predicted octanol–water partition coefficient (Wildman–Crippen LogP) is 3.62. The van der Waals surface area contributed by atoms with Crippen LogP contribution in [-0.2, 0) is 19.4 Å². The summed E-state index contributed by atoms with van der Waals surface area (Å²) in [6.07, 6.45) is 4.02. The van der Waals surface area contributed by atoms with E-state index in [0.29, 0.717) is 0 Å². The quantitative estimate of drug-likeness (QED) is 0.843. The first-order chi connectivity index (χ1) is 7.72. The van der Waals surface area contributed by atoms with Crippen molar-refractivity contribution in [3.8, 4) is 0 Å². The highest BCUT2D eigenvalue weighted by Crippen LogP contribution is 2.35. The van der Waals surface area contributed by atoms with Gasteiger partial charge in [-0.3, -0.25) is 0 Å². The fourth-order valence-electron chi connectivity index (χ4n) is 2.58. The van der Waals surface area contributed by atoms with Gasteiger partial charge in [-0.05, 0) is 54.1 Å². The molecular formula is C14H23NS. The van der Waals surface area contributed by atoms with Crippen molar-refractivity contribution in [2.75, 3.05) is 6.54 Å². The van der Waals surface area contributed by atoms with Gasteiger partial charge in [-0.1, -0.05) is 20.8 Å². The Morgan fingerprint density at radius 2 is 2.31 bits per heavy atom. The van der Waals surface area contributed by atoms with Crippen LogP contribution in [0.3, 0.4) is 0 Å². The molecule has 0 fully saturated rings. The van der Waals surface area contributed by atoms with Crippen molar-refractivity contribution in [1.82, 2.24) is 5.32 Å². The zero-order chi connectivity index (χ0) is 11.5. The maximum Gasteiger partial charge on any atom is 0.0216 e. The first kappa shape index (κ1) is 12.1. The maximum atomic E-state index is 3.44. The third-order valence-corrected chi connectivity index (χ3v) is 4.89. The molecule has 0 bridgehead atoms. The Hall–Kier alpha value is -0.340. The third kappa shape index (κ3) is 2.49. The van der Waals surface area contributed by atoms with Crippen molar-refractivity contribution in [2.45, 2.75) is 46.6 Å². The lowest BCUT2D eigenvalue weighted by molar-refractivity contribution is 0.345. The van der Waals surface area contributed by atoms with Crippen LogP contribution in [0.25, 0.3) is 0 Å². The van der Waals surface area contributed by atoms with E-state index in [4.69, 9.17) is 0 Å². The van der Waals surface area contributed by atoms with Crippen molar-refractivity contribution in [3.05, 3.63) is 21.4 Å². The Balaban J connectivity index is 2.08. The normalized spacial score (nSPS) is 20.1. The zero-order valence-corrected chi connectivity index (χ0v) is 11.5. The SMILES string of the molecule is CCNCc1csc2c1CCC(C(C)C)C2. The van der Waals surface area contributed by atoms with E-state index in [1.54, 1.807) is 16.0 Å². The van der Waals surface area contributed by atoms with Gasteiger partial charge < -0.3 is 5.32 Å². The average molecular weight is 237 g/mol. The fraction of sp³-hybridized carbons (Fsp3) is 0.714. The highest BCUT2D eigenvalue weighted by atomic mass is 32.1. The minimum atomic E-state index is 0.840. The molecule has 0 aromatic carbocycles. The van der Waals surface area contributed by atoms with Crippen molar-refractivity contribution in [2.24, 2.45) is 11.8 Å². The predicted molar refractivity (Wildman–Crippen MR) is 72.1 cm³/mol. The molecule has 1 nitrogen and oxygen atoms in total. The second-order valence-electron chi connectivity index (χ2n) is 5.19. The van der Waals surface area contributed by atoms with Crippen LogP contribution in [0.5, 0.6) is 0 Å². The van der Waals surface area contributed by atoms with Gasteiger partial charge in [0, 0.05) is 11.4 Å². The summed E-state index contributed by atoms with van der Waals surface area (Å²) in [4.78, 5) is 1.66. The second-order valence-corrected chi connectivity index (χ2v) is 6.15. The van der Waals surface area contributed by atoms with Crippen LogP contribution in [0.15, 0.2) is 5.38 Å². The summed E-state index contributed by atoms with van der Waals surface area (Å²) in [6, 6.07) is 0. The molecule has 2 rings (SSSR count). The minimum absolute atomic E-state index is 0.840. The van der Waals surface area contributed by atoms with Gasteiger partial charge in [0.05, 0.1) is 0 Å². The molecule has 16 heavy (non-hydrogen) atoms. The molecule has 1 atom stereocenters. The van der Waals surface area contributed by atoms with Gasteiger partial charge in [-0.15, -0.1) is 11.3 Å². The summed E-state index contributed by atoms with van der Waals surface area (Å²) in [5, 5.41) is 5.81. The summed E-state index contributed by atoms with van der Waals surface area (Å²) in [6.45, 7) is 9.03. The van der Waals surface area contributed by atoms with Crippen molar-refractivity contribution < 1.29 is 0 Å². The van der Waals surface area contributed by atoms with Gasteiger partial charge in [0.1, 0.15) is 0 Å². The molecule has 0 aliphatic heterocycles. The number of fused-ring (bicyclic) bond motifs is 1. The molecule has 0 amide bonds. The molecule has 1 aromatic heterocycles. The van der Waals surface area contributed by atoms with E-state index in [1.807, 2.05) is 11.3 Å². The van der Waals surface area contributed by atoms with E-state index in [2.05, 4.69) is 31.5 Å². The lowest BCUT2D eigenvalue weighted by Gasteiger charge is -2.26. The number of hydrogen-bond donors (Lipinski definition) is 1. The molecular weight excluding hydrogens is 214 g/mol. The van der Waals surface area contributed by atoms with Crippen LogP contribution in [0, 0.1) is 11.8 Å². The Morgan fingerprint density at radius 1 is 1.50 bits per heavy atom. The van der Waals surface area contributed by atoms with Crippen molar-refractivity contribution in [1.29, 1.82) is 0 Å². The third-order valence-electron chi connectivity index (χ3n) is 3.79. The van der Waals surface area contributed by atoms with Crippen LogP contribution in [-0.4, -0.2) is 6.54 Å². The summed E-state index contributed by atoms with van der Waals surface area (Å²) in [5.74, 6) is 1.76. The van der Waals surface area contributed by atoms with E-state index in [-0.39, 0.29) is 0 Å². The van der Waals surface area contributed by atoms with Crippen LogP contribution < -0.4 is 5.32 Å². The summed E-state index contributed by atoms with van der Waals surface area (Å²) < 4.78 is 0. The van der Waals surface area contributed by atoms with Crippen molar-refractivity contribution in [3.63, 3.8) is 0 Å². The molecule has 1 unspecified atom stereocenters. The molecule has 1 aromatic rings. The number of hydrogen-bond acceptors (Lipinski definition) is 2. The van der Waals surface area contributed by atoms with E-state index in [1.165, 1.54) is 19.3 Å². The molecule has 90 valence electrons. The zero-order valence-electron chi connectivity index (χ0n) is 10.7. The highest BCUT2D eigenvalue weighted by Gasteiger charge is 2.24. The minimum Gasteiger partial charge on any atom is -0.313 e. The average Bonchev–Trinajstić information content (AvgIpc) is 2.68. The van der Waals surface area contributed by atoms with E-state index >= 15 is 0 Å². The van der Waals surface area contributed by atoms with Gasteiger partial charge in [-0.25, -0.2) is 0 Å². The molecule has 0 spiro atoms. The lowest BCUT2D eigenvalue weighted by atomic mass is 9.81. The molecule has 0 radical (unpaired) electrons. The fourth-order valence-corrected chi connectivity index (χ4v) is 3.78. The Morgan fingerprint density at radius 3 is 3.00 bits per heavy atom. The van der Waals surface area contributed by atoms with Gasteiger partial charge in [0.2, 0.25) is 0 Å². The summed E-state index contributed by atoms with van der Waals surface area (Å²) >= 11 is 1.98. The Labute approximate surface area is 103 Å². The number of thiophene rings is 1. The first-order valence-electron chi connectivity index (χ1n) is 6.51. The second kappa shape index (κ2) is 5.33. The smallest absolute Gasteiger partial charge is 0.0216 e. The molecule has 1 N–H and O–H groups in total. The maximum absolute atomic E-state index is 3.44. The van der Waals surface area contributed by atoms with Gasteiger partial charge >= 0.3 is 0 Å².